The van der Waals surface area contributed by atoms with E-state index in [9.17, 15) is 19.2 Å². The molecule has 3 aliphatic heterocycles. The molecule has 9 heteroatoms. The molecule has 0 spiro atoms. The normalized spacial score (nSPS) is 21.4. The number of nitrogens with zero attached hydrogens (tertiary/aromatic N) is 2. The van der Waals surface area contributed by atoms with Crippen molar-refractivity contribution >= 4 is 23.6 Å². The summed E-state index contributed by atoms with van der Waals surface area (Å²) in [5.74, 6) is -0.577. The zero-order valence-corrected chi connectivity index (χ0v) is 19.2. The summed E-state index contributed by atoms with van der Waals surface area (Å²) >= 11 is 0. The fourth-order valence-corrected chi connectivity index (χ4v) is 4.88. The van der Waals surface area contributed by atoms with Gasteiger partial charge in [0.1, 0.15) is 6.04 Å². The summed E-state index contributed by atoms with van der Waals surface area (Å²) < 4.78 is 0. The maximum absolute atomic E-state index is 13.0. The average Bonchev–Trinajstić information content (AvgIpc) is 3.14. The van der Waals surface area contributed by atoms with Gasteiger partial charge in [-0.1, -0.05) is 12.1 Å². The maximum Gasteiger partial charge on any atom is 0.255 e. The van der Waals surface area contributed by atoms with Crippen LogP contribution in [0.1, 0.15) is 60.0 Å². The van der Waals surface area contributed by atoms with Crippen LogP contribution in [0.25, 0.3) is 0 Å². The Morgan fingerprint density at radius 1 is 1.15 bits per heavy atom. The summed E-state index contributed by atoms with van der Waals surface area (Å²) in [4.78, 5) is 52.4. The van der Waals surface area contributed by atoms with Crippen LogP contribution in [-0.4, -0.2) is 72.2 Å². The first kappa shape index (κ1) is 23.4. The SMILES string of the molecule is CNCCCC(=O)N1CCC(NCc2ccc3c(c2)C(=O)N(C2CCC(=O)NC2=O)C3)CC1. The highest BCUT2D eigenvalue weighted by Gasteiger charge is 2.39. The third-order valence-corrected chi connectivity index (χ3v) is 6.85. The molecule has 2 fully saturated rings. The molecular weight excluding hydrogens is 422 g/mol. The Morgan fingerprint density at radius 2 is 1.94 bits per heavy atom. The zero-order valence-electron chi connectivity index (χ0n) is 19.2. The lowest BCUT2D eigenvalue weighted by Crippen LogP contribution is -2.52. The van der Waals surface area contributed by atoms with E-state index < -0.39 is 6.04 Å². The number of nitrogens with one attached hydrogen (secondary N) is 3. The molecule has 1 unspecified atom stereocenters. The minimum absolute atomic E-state index is 0.147. The largest absolute Gasteiger partial charge is 0.343 e. The van der Waals surface area contributed by atoms with E-state index in [2.05, 4.69) is 16.0 Å². The Kier molecular flexibility index (Phi) is 7.39. The highest BCUT2D eigenvalue weighted by atomic mass is 16.2. The van der Waals surface area contributed by atoms with Crippen LogP contribution in [0.5, 0.6) is 0 Å². The highest BCUT2D eigenvalue weighted by Crippen LogP contribution is 2.28. The first-order valence-electron chi connectivity index (χ1n) is 11.9. The number of benzene rings is 1. The molecule has 3 N–H and O–H groups in total. The summed E-state index contributed by atoms with van der Waals surface area (Å²) in [6.07, 6.45) is 3.93. The van der Waals surface area contributed by atoms with Crippen LogP contribution >= 0.6 is 0 Å². The van der Waals surface area contributed by atoms with Crippen molar-refractivity contribution in [3.05, 3.63) is 34.9 Å². The van der Waals surface area contributed by atoms with Gasteiger partial charge in [-0.05, 0) is 56.5 Å². The van der Waals surface area contributed by atoms with Gasteiger partial charge in [-0.3, -0.25) is 24.5 Å². The van der Waals surface area contributed by atoms with E-state index in [1.54, 1.807) is 4.90 Å². The monoisotopic (exact) mass is 455 g/mol. The van der Waals surface area contributed by atoms with Crippen molar-refractivity contribution < 1.29 is 19.2 Å². The maximum atomic E-state index is 13.0. The van der Waals surface area contributed by atoms with Crippen LogP contribution < -0.4 is 16.0 Å². The molecule has 0 bridgehead atoms. The number of carbonyl (C=O) groups excluding carboxylic acids is 4. The molecule has 178 valence electrons. The summed E-state index contributed by atoms with van der Waals surface area (Å²) in [5.41, 5.74) is 2.58. The van der Waals surface area contributed by atoms with Gasteiger partial charge in [0.15, 0.2) is 0 Å². The molecule has 4 rings (SSSR count). The molecule has 3 heterocycles. The smallest absolute Gasteiger partial charge is 0.255 e. The Hall–Kier alpha value is -2.78. The molecule has 1 aromatic carbocycles. The van der Waals surface area contributed by atoms with Crippen LogP contribution in [0, 0.1) is 0 Å². The van der Waals surface area contributed by atoms with Gasteiger partial charge >= 0.3 is 0 Å². The summed E-state index contributed by atoms with van der Waals surface area (Å²) in [5, 5.41) is 8.97. The molecule has 9 nitrogen and oxygen atoms in total. The van der Waals surface area contributed by atoms with E-state index in [0.717, 1.165) is 50.0 Å². The Morgan fingerprint density at radius 3 is 2.67 bits per heavy atom. The van der Waals surface area contributed by atoms with Gasteiger partial charge in [-0.15, -0.1) is 0 Å². The van der Waals surface area contributed by atoms with E-state index in [-0.39, 0.29) is 30.0 Å². The summed E-state index contributed by atoms with van der Waals surface area (Å²) in [7, 11) is 1.90. The van der Waals surface area contributed by atoms with Crippen LogP contribution in [0.4, 0.5) is 0 Å². The van der Waals surface area contributed by atoms with Crippen LogP contribution in [0.3, 0.4) is 0 Å². The minimum atomic E-state index is -0.588. The lowest BCUT2D eigenvalue weighted by atomic mass is 10.0. The van der Waals surface area contributed by atoms with Crippen molar-refractivity contribution in [3.63, 3.8) is 0 Å². The second-order valence-corrected chi connectivity index (χ2v) is 9.13. The predicted octanol–water partition coefficient (Wildman–Crippen LogP) is 0.528. The van der Waals surface area contributed by atoms with E-state index >= 15 is 0 Å². The number of hydrogen-bond donors (Lipinski definition) is 3. The Labute approximate surface area is 194 Å². The molecule has 0 saturated carbocycles. The molecule has 0 radical (unpaired) electrons. The number of likely N-dealkylation sites (tertiary alicyclic amines) is 1. The number of amides is 4. The molecule has 1 aromatic rings. The number of piperidine rings is 2. The van der Waals surface area contributed by atoms with Gasteiger partial charge in [0.05, 0.1) is 0 Å². The summed E-state index contributed by atoms with van der Waals surface area (Å²) in [6, 6.07) is 5.65. The number of fused-ring (bicyclic) bond motifs is 1. The lowest BCUT2D eigenvalue weighted by Gasteiger charge is -2.32. The van der Waals surface area contributed by atoms with Crippen LogP contribution in [0.2, 0.25) is 0 Å². The van der Waals surface area contributed by atoms with Crippen molar-refractivity contribution in [1.29, 1.82) is 0 Å². The third-order valence-electron chi connectivity index (χ3n) is 6.85. The van der Waals surface area contributed by atoms with E-state index in [1.165, 1.54) is 0 Å². The first-order chi connectivity index (χ1) is 16.0. The number of rotatable bonds is 8. The van der Waals surface area contributed by atoms with Crippen LogP contribution in [-0.2, 0) is 27.5 Å². The second kappa shape index (κ2) is 10.4. The van der Waals surface area contributed by atoms with Crippen molar-refractivity contribution in [2.24, 2.45) is 0 Å². The van der Waals surface area contributed by atoms with Gasteiger partial charge in [0, 0.05) is 50.6 Å². The van der Waals surface area contributed by atoms with Crippen molar-refractivity contribution in [2.75, 3.05) is 26.7 Å². The number of carbonyl (C=O) groups is 4. The van der Waals surface area contributed by atoms with Gasteiger partial charge in [-0.2, -0.15) is 0 Å². The van der Waals surface area contributed by atoms with E-state index in [1.807, 2.05) is 30.1 Å². The van der Waals surface area contributed by atoms with Gasteiger partial charge in [-0.25, -0.2) is 0 Å². The number of imide groups is 1. The molecule has 33 heavy (non-hydrogen) atoms. The molecule has 1 atom stereocenters. The third kappa shape index (κ3) is 5.42. The average molecular weight is 456 g/mol. The van der Waals surface area contributed by atoms with Crippen molar-refractivity contribution in [1.82, 2.24) is 25.8 Å². The standard InChI is InChI=1S/C24H33N5O4/c1-25-10-2-3-22(31)28-11-8-18(9-12-28)26-14-16-4-5-17-15-29(24(33)19(17)13-16)20-6-7-21(30)27-23(20)32/h4-5,13,18,20,25-26H,2-3,6-12,14-15H2,1H3,(H,27,30,32). The topological polar surface area (TPSA) is 111 Å². The van der Waals surface area contributed by atoms with Gasteiger partial charge in [0.25, 0.3) is 5.91 Å². The highest BCUT2D eigenvalue weighted by molar-refractivity contribution is 6.05. The Bertz CT molecular complexity index is 925. The van der Waals surface area contributed by atoms with Gasteiger partial charge < -0.3 is 20.4 Å². The molecule has 3 aliphatic rings. The minimum Gasteiger partial charge on any atom is -0.343 e. The number of hydrogen-bond acceptors (Lipinski definition) is 6. The quantitative estimate of drug-likeness (QED) is 0.390. The fraction of sp³-hybridized carbons (Fsp3) is 0.583. The summed E-state index contributed by atoms with van der Waals surface area (Å²) in [6.45, 7) is 3.46. The van der Waals surface area contributed by atoms with E-state index in [0.29, 0.717) is 37.5 Å². The first-order valence-corrected chi connectivity index (χ1v) is 11.9. The van der Waals surface area contributed by atoms with E-state index in [4.69, 9.17) is 0 Å². The van der Waals surface area contributed by atoms with Crippen molar-refractivity contribution in [2.45, 2.75) is 63.7 Å². The fourth-order valence-electron chi connectivity index (χ4n) is 4.88. The Balaban J connectivity index is 1.27. The molecular formula is C24H33N5O4. The molecule has 0 aliphatic carbocycles. The van der Waals surface area contributed by atoms with Crippen LogP contribution in [0.15, 0.2) is 18.2 Å². The molecule has 2 saturated heterocycles. The zero-order chi connectivity index (χ0) is 23.4. The van der Waals surface area contributed by atoms with Crippen molar-refractivity contribution in [3.8, 4) is 0 Å². The lowest BCUT2D eigenvalue weighted by molar-refractivity contribution is -0.137. The predicted molar refractivity (Wildman–Crippen MR) is 122 cm³/mol. The second-order valence-electron chi connectivity index (χ2n) is 9.13. The van der Waals surface area contributed by atoms with Gasteiger partial charge in [0.2, 0.25) is 17.7 Å². The molecule has 0 aromatic heterocycles. The molecule has 4 amide bonds.